The molecule has 0 saturated carbocycles. The maximum absolute atomic E-state index is 13.8. The van der Waals surface area contributed by atoms with Crippen molar-refractivity contribution in [3.63, 3.8) is 0 Å². The smallest absolute Gasteiger partial charge is 0.240 e. The third-order valence-electron chi connectivity index (χ3n) is 4.45. The molecule has 1 amide bonds. The summed E-state index contributed by atoms with van der Waals surface area (Å²) in [4.78, 5) is 12.2. The van der Waals surface area contributed by atoms with Gasteiger partial charge in [-0.1, -0.05) is 91.0 Å². The van der Waals surface area contributed by atoms with Crippen molar-refractivity contribution in [2.45, 2.75) is 12.8 Å². The van der Waals surface area contributed by atoms with Gasteiger partial charge in [0.1, 0.15) is 7.14 Å². The molecule has 4 nitrogen and oxygen atoms in total. The summed E-state index contributed by atoms with van der Waals surface area (Å²) >= 11 is 0. The number of carbonyl (C=O) groups is 1. The largest absolute Gasteiger partial charge is 0.314 e. The quantitative estimate of drug-likeness (QED) is 0.362. The van der Waals surface area contributed by atoms with Gasteiger partial charge in [-0.15, -0.1) is 0 Å². The Morgan fingerprint density at radius 2 is 1.32 bits per heavy atom. The minimum absolute atomic E-state index is 0.143. The van der Waals surface area contributed by atoms with E-state index in [-0.39, 0.29) is 18.5 Å². The number of nitrogens with zero attached hydrogens (tertiary/aromatic N) is 1. The Bertz CT molecular complexity index is 914. The molecule has 0 fully saturated rings. The third kappa shape index (κ3) is 5.28. The number of hydrogen-bond donors (Lipinski definition) is 1. The second-order valence-corrected chi connectivity index (χ2v) is 9.38. The van der Waals surface area contributed by atoms with Crippen LogP contribution in [-0.2, 0) is 15.8 Å². The van der Waals surface area contributed by atoms with Crippen LogP contribution in [0.5, 0.6) is 0 Å². The number of nitrogens with one attached hydrogen (secondary N) is 1. The Labute approximate surface area is 165 Å². The molecule has 0 aliphatic rings. The molecule has 0 atom stereocenters. The molecule has 0 aliphatic carbocycles. The minimum Gasteiger partial charge on any atom is -0.314 e. The van der Waals surface area contributed by atoms with E-state index < -0.39 is 7.14 Å². The number of rotatable bonds is 8. The number of hydrazone groups is 1. The molecule has 28 heavy (non-hydrogen) atoms. The van der Waals surface area contributed by atoms with E-state index in [0.29, 0.717) is 6.42 Å². The van der Waals surface area contributed by atoms with Crippen LogP contribution >= 0.6 is 7.14 Å². The molecule has 0 aromatic heterocycles. The summed E-state index contributed by atoms with van der Waals surface area (Å²) in [6, 6.07) is 28.6. The zero-order valence-corrected chi connectivity index (χ0v) is 16.5. The second kappa shape index (κ2) is 9.82. The minimum atomic E-state index is -2.88. The number of hydrogen-bond acceptors (Lipinski definition) is 3. The van der Waals surface area contributed by atoms with Gasteiger partial charge in [-0.25, -0.2) is 5.43 Å². The zero-order chi connectivity index (χ0) is 19.7. The number of amides is 1. The molecular formula is C23H23N2O2P. The standard InChI is InChI=1S/C23H23N2O2P/c26-23(25-24-18-16-20-10-4-1-5-11-20)17-19-28(27,21-12-6-2-7-13-21)22-14-8-3-9-15-22/h1-15,18H,16-17,19H2,(H,25,26)/b24-18+. The molecule has 0 aliphatic heterocycles. The average Bonchev–Trinajstić information content (AvgIpc) is 2.77. The first-order valence-corrected chi connectivity index (χ1v) is 11.1. The zero-order valence-electron chi connectivity index (χ0n) is 15.6. The van der Waals surface area contributed by atoms with Crippen molar-refractivity contribution in [3.05, 3.63) is 96.6 Å². The van der Waals surface area contributed by atoms with Gasteiger partial charge >= 0.3 is 0 Å². The lowest BCUT2D eigenvalue weighted by atomic mass is 10.2. The Balaban J connectivity index is 1.62. The summed E-state index contributed by atoms with van der Waals surface area (Å²) in [5.74, 6) is -0.239. The molecule has 0 unspecified atom stereocenters. The Kier molecular flexibility index (Phi) is 6.94. The topological polar surface area (TPSA) is 58.5 Å². The first kappa shape index (κ1) is 19.8. The molecule has 3 rings (SSSR count). The van der Waals surface area contributed by atoms with Gasteiger partial charge < -0.3 is 4.57 Å². The van der Waals surface area contributed by atoms with E-state index >= 15 is 0 Å². The summed E-state index contributed by atoms with van der Waals surface area (Å²) in [6.07, 6.45) is 2.72. The summed E-state index contributed by atoms with van der Waals surface area (Å²) in [5, 5.41) is 5.53. The first-order chi connectivity index (χ1) is 13.7. The van der Waals surface area contributed by atoms with Crippen LogP contribution in [-0.4, -0.2) is 18.3 Å². The summed E-state index contributed by atoms with van der Waals surface area (Å²) in [5.41, 5.74) is 3.66. The average molecular weight is 390 g/mol. The van der Waals surface area contributed by atoms with Crippen molar-refractivity contribution < 1.29 is 9.36 Å². The van der Waals surface area contributed by atoms with Gasteiger partial charge in [0, 0.05) is 35.8 Å². The van der Waals surface area contributed by atoms with E-state index in [1.807, 2.05) is 91.0 Å². The normalized spacial score (nSPS) is 11.4. The summed E-state index contributed by atoms with van der Waals surface area (Å²) in [7, 11) is -2.88. The van der Waals surface area contributed by atoms with Gasteiger partial charge in [0.25, 0.3) is 0 Å². The maximum atomic E-state index is 13.8. The van der Waals surface area contributed by atoms with Crippen LogP contribution in [0.2, 0.25) is 0 Å². The Morgan fingerprint density at radius 3 is 1.86 bits per heavy atom. The molecular weight excluding hydrogens is 367 g/mol. The summed E-state index contributed by atoms with van der Waals surface area (Å²) < 4.78 is 13.8. The molecule has 0 spiro atoms. The molecule has 0 bridgehead atoms. The molecule has 3 aromatic carbocycles. The van der Waals surface area contributed by atoms with Crippen LogP contribution < -0.4 is 16.0 Å². The molecule has 0 saturated heterocycles. The maximum Gasteiger partial charge on any atom is 0.240 e. The summed E-state index contributed by atoms with van der Waals surface area (Å²) in [6.45, 7) is 0. The molecule has 142 valence electrons. The molecule has 1 N–H and O–H groups in total. The highest BCUT2D eigenvalue weighted by Gasteiger charge is 2.27. The highest BCUT2D eigenvalue weighted by molar-refractivity contribution is 7.78. The Morgan fingerprint density at radius 1 is 0.821 bits per heavy atom. The van der Waals surface area contributed by atoms with Gasteiger partial charge in [-0.2, -0.15) is 5.10 Å². The number of benzene rings is 3. The van der Waals surface area contributed by atoms with E-state index in [2.05, 4.69) is 10.5 Å². The van der Waals surface area contributed by atoms with Crippen molar-refractivity contribution in [2.24, 2.45) is 5.10 Å². The van der Waals surface area contributed by atoms with Crippen LogP contribution in [0.1, 0.15) is 12.0 Å². The van der Waals surface area contributed by atoms with Crippen LogP contribution in [0.3, 0.4) is 0 Å². The number of carbonyl (C=O) groups excluding carboxylic acids is 1. The van der Waals surface area contributed by atoms with Crippen molar-refractivity contribution in [3.8, 4) is 0 Å². The first-order valence-electron chi connectivity index (χ1n) is 9.23. The van der Waals surface area contributed by atoms with E-state index in [0.717, 1.165) is 16.2 Å². The Hall–Kier alpha value is -2.97. The van der Waals surface area contributed by atoms with E-state index in [9.17, 15) is 9.36 Å². The van der Waals surface area contributed by atoms with Crippen LogP contribution in [0.4, 0.5) is 0 Å². The molecule has 3 aromatic rings. The highest BCUT2D eigenvalue weighted by atomic mass is 31.2. The molecule has 5 heteroatoms. The van der Waals surface area contributed by atoms with Gasteiger partial charge in [-0.05, 0) is 5.56 Å². The second-order valence-electron chi connectivity index (χ2n) is 6.42. The predicted molar refractivity (Wildman–Crippen MR) is 116 cm³/mol. The monoisotopic (exact) mass is 390 g/mol. The van der Waals surface area contributed by atoms with Gasteiger partial charge in [0.05, 0.1) is 0 Å². The van der Waals surface area contributed by atoms with Crippen molar-refractivity contribution in [1.82, 2.24) is 5.43 Å². The van der Waals surface area contributed by atoms with E-state index in [1.165, 1.54) is 0 Å². The fourth-order valence-electron chi connectivity index (χ4n) is 2.94. The van der Waals surface area contributed by atoms with Crippen LogP contribution in [0.25, 0.3) is 0 Å². The van der Waals surface area contributed by atoms with Gasteiger partial charge in [0.2, 0.25) is 5.91 Å². The van der Waals surface area contributed by atoms with Crippen molar-refractivity contribution >= 4 is 29.9 Å². The van der Waals surface area contributed by atoms with Gasteiger partial charge in [-0.3, -0.25) is 4.79 Å². The highest BCUT2D eigenvalue weighted by Crippen LogP contribution is 2.43. The lowest BCUT2D eigenvalue weighted by molar-refractivity contribution is -0.120. The molecule has 0 heterocycles. The SMILES string of the molecule is O=C(CCP(=O)(c1ccccc1)c1ccccc1)N/N=C/Cc1ccccc1. The van der Waals surface area contributed by atoms with Crippen molar-refractivity contribution in [1.29, 1.82) is 0 Å². The van der Waals surface area contributed by atoms with Crippen LogP contribution in [0, 0.1) is 0 Å². The van der Waals surface area contributed by atoms with Crippen LogP contribution in [0.15, 0.2) is 96.1 Å². The lowest BCUT2D eigenvalue weighted by Gasteiger charge is -2.18. The molecule has 0 radical (unpaired) electrons. The van der Waals surface area contributed by atoms with E-state index in [4.69, 9.17) is 0 Å². The predicted octanol–water partition coefficient (Wildman–Crippen LogP) is 3.74. The fourth-order valence-corrected chi connectivity index (χ4v) is 5.58. The van der Waals surface area contributed by atoms with E-state index in [1.54, 1.807) is 6.21 Å². The van der Waals surface area contributed by atoms with Gasteiger partial charge in [0.15, 0.2) is 0 Å². The fraction of sp³-hybridized carbons (Fsp3) is 0.130. The van der Waals surface area contributed by atoms with Crippen molar-refractivity contribution in [2.75, 3.05) is 6.16 Å². The third-order valence-corrected chi connectivity index (χ3v) is 7.57. The lowest BCUT2D eigenvalue weighted by Crippen LogP contribution is -2.23.